The van der Waals surface area contributed by atoms with Crippen LogP contribution in [-0.2, 0) is 11.2 Å². The number of carbonyl (C=O) groups excluding carboxylic acids is 1. The number of hydrogen-bond acceptors (Lipinski definition) is 6. The van der Waals surface area contributed by atoms with Gasteiger partial charge >= 0.3 is 6.09 Å². The first kappa shape index (κ1) is 21.4. The second kappa shape index (κ2) is 9.57. The molecule has 2 aliphatic rings. The summed E-state index contributed by atoms with van der Waals surface area (Å²) in [4.78, 5) is 19.1. The van der Waals surface area contributed by atoms with Gasteiger partial charge in [0.15, 0.2) is 17.6 Å². The number of fused-ring (bicyclic) bond motifs is 4. The molecule has 0 saturated carbocycles. The van der Waals surface area contributed by atoms with Crippen molar-refractivity contribution in [3.8, 4) is 11.5 Å². The first-order valence-corrected chi connectivity index (χ1v) is 11.6. The van der Waals surface area contributed by atoms with Crippen LogP contribution in [0.5, 0.6) is 11.5 Å². The maximum atomic E-state index is 12.2. The third-order valence-electron chi connectivity index (χ3n) is 6.12. The molecule has 0 radical (unpaired) electrons. The number of rotatable bonds is 6. The number of aromatic nitrogens is 1. The van der Waals surface area contributed by atoms with E-state index in [1.54, 1.807) is 0 Å². The molecule has 2 aliphatic heterocycles. The number of nitrogens with zero attached hydrogens (tertiary/aromatic N) is 2. The van der Waals surface area contributed by atoms with E-state index in [9.17, 15) is 4.79 Å². The highest BCUT2D eigenvalue weighted by Crippen LogP contribution is 2.38. The van der Waals surface area contributed by atoms with Crippen LogP contribution in [0.15, 0.2) is 48.5 Å². The van der Waals surface area contributed by atoms with Crippen molar-refractivity contribution < 1.29 is 19.0 Å². The van der Waals surface area contributed by atoms with Crippen LogP contribution in [-0.4, -0.2) is 50.0 Å². The van der Waals surface area contributed by atoms with E-state index < -0.39 is 6.09 Å². The second-order valence-electron chi connectivity index (χ2n) is 8.55. The fraction of sp³-hybridized carbons (Fsp3) is 0.385. The van der Waals surface area contributed by atoms with Crippen LogP contribution < -0.4 is 19.7 Å². The van der Waals surface area contributed by atoms with Crippen LogP contribution in [0.1, 0.15) is 24.1 Å². The predicted octanol–water partition coefficient (Wildman–Crippen LogP) is 4.25. The highest BCUT2D eigenvalue weighted by atomic mass is 16.6. The largest absolute Gasteiger partial charge is 0.486 e. The number of nitrogens with one attached hydrogen (secondary N) is 1. The molecule has 3 aromatic rings. The number of benzene rings is 2. The molecule has 7 heteroatoms. The monoisotopic (exact) mass is 447 g/mol. The Balaban J connectivity index is 1.07. The van der Waals surface area contributed by atoms with Gasteiger partial charge in [0, 0.05) is 29.9 Å². The molecule has 0 fully saturated rings. The van der Waals surface area contributed by atoms with Gasteiger partial charge in [0.2, 0.25) is 0 Å². The van der Waals surface area contributed by atoms with Gasteiger partial charge in [-0.05, 0) is 62.1 Å². The van der Waals surface area contributed by atoms with Crippen molar-refractivity contribution in [3.63, 3.8) is 0 Å². The van der Waals surface area contributed by atoms with Crippen LogP contribution in [0.3, 0.4) is 0 Å². The average molecular weight is 448 g/mol. The van der Waals surface area contributed by atoms with Gasteiger partial charge in [0.1, 0.15) is 6.61 Å². The van der Waals surface area contributed by atoms with Gasteiger partial charge < -0.3 is 24.4 Å². The Labute approximate surface area is 193 Å². The SMILES string of the molecule is Cc1ccc2c3c(ccc2n1)OC[C@H](CNC(=O)OCCCN1CCCc2ccccc21)O3. The summed E-state index contributed by atoms with van der Waals surface area (Å²) in [5.74, 6) is 1.37. The van der Waals surface area contributed by atoms with E-state index in [-0.39, 0.29) is 6.10 Å². The fourth-order valence-electron chi connectivity index (χ4n) is 4.49. The molecule has 1 N–H and O–H groups in total. The van der Waals surface area contributed by atoms with Crippen molar-refractivity contribution >= 4 is 22.7 Å². The Morgan fingerprint density at radius 2 is 2.12 bits per heavy atom. The highest BCUT2D eigenvalue weighted by molar-refractivity contribution is 5.88. The Kier molecular flexibility index (Phi) is 6.19. The molecule has 1 amide bonds. The minimum absolute atomic E-state index is 0.290. The van der Waals surface area contributed by atoms with E-state index >= 15 is 0 Å². The van der Waals surface area contributed by atoms with Crippen LogP contribution in [0.4, 0.5) is 10.5 Å². The van der Waals surface area contributed by atoms with Crippen LogP contribution >= 0.6 is 0 Å². The van der Waals surface area contributed by atoms with E-state index in [0.29, 0.717) is 31.3 Å². The first-order valence-electron chi connectivity index (χ1n) is 11.6. The third kappa shape index (κ3) is 4.82. The Bertz CT molecular complexity index is 1150. The van der Waals surface area contributed by atoms with Gasteiger partial charge in [0.05, 0.1) is 18.7 Å². The van der Waals surface area contributed by atoms with Crippen LogP contribution in [0, 0.1) is 6.92 Å². The number of alkyl carbamates (subject to hydrolysis) is 1. The van der Waals surface area contributed by atoms with Gasteiger partial charge in [-0.3, -0.25) is 4.98 Å². The van der Waals surface area contributed by atoms with Crippen LogP contribution in [0.2, 0.25) is 0 Å². The number of ether oxygens (including phenoxy) is 3. The molecular formula is C26H29N3O4. The summed E-state index contributed by atoms with van der Waals surface area (Å²) in [6.45, 7) is 4.94. The molecule has 0 saturated heterocycles. The predicted molar refractivity (Wildman–Crippen MR) is 127 cm³/mol. The topological polar surface area (TPSA) is 72.9 Å². The summed E-state index contributed by atoms with van der Waals surface area (Å²) in [5, 5.41) is 3.71. The molecular weight excluding hydrogens is 418 g/mol. The third-order valence-corrected chi connectivity index (χ3v) is 6.12. The zero-order valence-electron chi connectivity index (χ0n) is 18.9. The van der Waals surface area contributed by atoms with E-state index in [1.807, 2.05) is 31.2 Å². The molecule has 0 unspecified atom stereocenters. The molecule has 1 aromatic heterocycles. The number of hydrogen-bond donors (Lipinski definition) is 1. The number of amides is 1. The lowest BCUT2D eigenvalue weighted by Crippen LogP contribution is -2.41. The maximum absolute atomic E-state index is 12.2. The summed E-state index contributed by atoms with van der Waals surface area (Å²) in [5.41, 5.74) is 4.52. The van der Waals surface area contributed by atoms with E-state index in [4.69, 9.17) is 14.2 Å². The van der Waals surface area contributed by atoms with Crippen molar-refractivity contribution in [2.75, 3.05) is 37.7 Å². The Morgan fingerprint density at radius 1 is 1.21 bits per heavy atom. The minimum Gasteiger partial charge on any atom is -0.486 e. The van der Waals surface area contributed by atoms with Gasteiger partial charge in [-0.1, -0.05) is 18.2 Å². The maximum Gasteiger partial charge on any atom is 0.407 e. The molecule has 7 nitrogen and oxygen atoms in total. The molecule has 0 spiro atoms. The van der Waals surface area contributed by atoms with Crippen molar-refractivity contribution in [2.24, 2.45) is 0 Å². The molecule has 2 aromatic carbocycles. The second-order valence-corrected chi connectivity index (χ2v) is 8.55. The average Bonchev–Trinajstić information content (AvgIpc) is 2.85. The lowest BCUT2D eigenvalue weighted by atomic mass is 10.0. The number of para-hydroxylation sites is 1. The van der Waals surface area contributed by atoms with Crippen molar-refractivity contribution in [2.45, 2.75) is 32.3 Å². The summed E-state index contributed by atoms with van der Waals surface area (Å²) in [7, 11) is 0. The van der Waals surface area contributed by atoms with Crippen molar-refractivity contribution in [1.29, 1.82) is 0 Å². The minimum atomic E-state index is -0.432. The zero-order valence-corrected chi connectivity index (χ0v) is 18.9. The Morgan fingerprint density at radius 3 is 3.06 bits per heavy atom. The van der Waals surface area contributed by atoms with Gasteiger partial charge in [-0.25, -0.2) is 4.79 Å². The van der Waals surface area contributed by atoms with Crippen LogP contribution in [0.25, 0.3) is 10.9 Å². The number of pyridine rings is 1. The molecule has 172 valence electrons. The summed E-state index contributed by atoms with van der Waals surface area (Å²) < 4.78 is 17.4. The molecule has 33 heavy (non-hydrogen) atoms. The van der Waals surface area contributed by atoms with E-state index in [1.165, 1.54) is 11.3 Å². The quantitative estimate of drug-likeness (QED) is 0.570. The summed E-state index contributed by atoms with van der Waals surface area (Å²) in [6, 6.07) is 16.3. The lowest BCUT2D eigenvalue weighted by Gasteiger charge is -2.31. The summed E-state index contributed by atoms with van der Waals surface area (Å²) in [6.07, 6.45) is 2.36. The normalized spacial score (nSPS) is 16.9. The van der Waals surface area contributed by atoms with E-state index in [2.05, 4.69) is 39.5 Å². The van der Waals surface area contributed by atoms with Crippen molar-refractivity contribution in [1.82, 2.24) is 10.3 Å². The van der Waals surface area contributed by atoms with Crippen molar-refractivity contribution in [3.05, 3.63) is 59.8 Å². The summed E-state index contributed by atoms with van der Waals surface area (Å²) >= 11 is 0. The smallest absolute Gasteiger partial charge is 0.407 e. The van der Waals surface area contributed by atoms with Gasteiger partial charge in [-0.15, -0.1) is 0 Å². The Hall–Kier alpha value is -3.48. The van der Waals surface area contributed by atoms with Gasteiger partial charge in [0.25, 0.3) is 0 Å². The standard InChI is InChI=1S/C26H29N3O4/c1-18-9-10-21-22(28-18)11-12-24-25(21)33-20(17-32-24)16-27-26(30)31-15-5-14-29-13-4-7-19-6-2-3-8-23(19)29/h2-3,6,8-12,20H,4-5,7,13-17H2,1H3,(H,27,30)/t20-/m0/s1. The number of carbonyl (C=O) groups is 1. The highest BCUT2D eigenvalue weighted by Gasteiger charge is 2.24. The number of aryl methyl sites for hydroxylation is 2. The molecule has 3 heterocycles. The zero-order chi connectivity index (χ0) is 22.6. The molecule has 5 rings (SSSR count). The first-order chi connectivity index (χ1) is 16.2. The van der Waals surface area contributed by atoms with Gasteiger partial charge in [-0.2, -0.15) is 0 Å². The lowest BCUT2D eigenvalue weighted by molar-refractivity contribution is 0.0873. The fourth-order valence-corrected chi connectivity index (χ4v) is 4.49. The number of anilines is 1. The molecule has 1 atom stereocenters. The molecule has 0 bridgehead atoms. The molecule has 0 aliphatic carbocycles. The van der Waals surface area contributed by atoms with E-state index in [0.717, 1.165) is 48.9 Å².